The Morgan fingerprint density at radius 2 is 1.96 bits per heavy atom. The van der Waals surface area contributed by atoms with Crippen molar-refractivity contribution in [2.24, 2.45) is 28.6 Å². The number of nitrogens with zero attached hydrogens (tertiary/aromatic N) is 1. The third-order valence-electron chi connectivity index (χ3n) is 10.6. The molecule has 0 unspecified atom stereocenters. The molecule has 1 N–H and O–H groups in total. The lowest BCUT2D eigenvalue weighted by atomic mass is 9.46. The van der Waals surface area contributed by atoms with E-state index in [2.05, 4.69) is 11.8 Å². The van der Waals surface area contributed by atoms with E-state index >= 15 is 0 Å². The molecule has 0 aliphatic heterocycles. The van der Waals surface area contributed by atoms with Gasteiger partial charge in [-0.2, -0.15) is 0 Å². The number of allylic oxidation sites excluding steroid dienone is 4. The molecule has 1 aromatic carbocycles. The minimum absolute atomic E-state index is 0.00812. The predicted molar refractivity (Wildman–Crippen MR) is 162 cm³/mol. The van der Waals surface area contributed by atoms with Crippen molar-refractivity contribution >= 4 is 29.8 Å². The van der Waals surface area contributed by atoms with Crippen molar-refractivity contribution < 1.29 is 48.4 Å². The van der Waals surface area contributed by atoms with E-state index in [9.17, 15) is 34.4 Å². The molecule has 0 radical (unpaired) electrons. The molecule has 0 bridgehead atoms. The van der Waals surface area contributed by atoms with E-state index in [1.54, 1.807) is 43.3 Å². The van der Waals surface area contributed by atoms with Crippen molar-refractivity contribution in [3.63, 3.8) is 0 Å². The SMILES string of the molecule is CCOC(=O)O[C@]1(C(=O)COC(=O)C=Cc2cccc(CO[N+](=O)[O-])c2)CC[C@H]2[C@@H]3CCC4=CC(=O)C=C[C@]4(C)[C@H]3[C@@H](O)C[C@@]21C. The summed E-state index contributed by atoms with van der Waals surface area (Å²) in [5.74, 6) is -1.75. The Morgan fingerprint density at radius 1 is 1.17 bits per heavy atom. The Morgan fingerprint density at radius 3 is 2.70 bits per heavy atom. The molecule has 0 aromatic heterocycles. The summed E-state index contributed by atoms with van der Waals surface area (Å²) in [7, 11) is 0. The van der Waals surface area contributed by atoms with Crippen LogP contribution >= 0.6 is 0 Å². The van der Waals surface area contributed by atoms with Gasteiger partial charge in [-0.05, 0) is 86.3 Å². The van der Waals surface area contributed by atoms with E-state index in [0.717, 1.165) is 11.6 Å². The van der Waals surface area contributed by atoms with Gasteiger partial charge in [0.1, 0.15) is 6.61 Å². The molecule has 12 heteroatoms. The van der Waals surface area contributed by atoms with Crippen LogP contribution in [0.3, 0.4) is 0 Å². The van der Waals surface area contributed by atoms with E-state index in [0.29, 0.717) is 30.4 Å². The Kier molecular flexibility index (Phi) is 9.21. The van der Waals surface area contributed by atoms with Gasteiger partial charge >= 0.3 is 12.1 Å². The van der Waals surface area contributed by atoms with Crippen LogP contribution in [0.5, 0.6) is 0 Å². The molecule has 246 valence electrons. The first-order valence-corrected chi connectivity index (χ1v) is 15.6. The second-order valence-electron chi connectivity index (χ2n) is 13.0. The lowest BCUT2D eigenvalue weighted by Crippen LogP contribution is -2.63. The fourth-order valence-corrected chi connectivity index (χ4v) is 8.67. The fourth-order valence-electron chi connectivity index (χ4n) is 8.67. The number of carbonyl (C=O) groups excluding carboxylic acids is 4. The smallest absolute Gasteiger partial charge is 0.454 e. The van der Waals surface area contributed by atoms with Gasteiger partial charge in [-0.3, -0.25) is 9.59 Å². The standard InChI is InChI=1S/C34H39NO11/c1-4-43-31(40)46-34(28(38)20-44-29(39)11-8-21-6-5-7-22(16-21)19-45-35(41)42)15-13-26-25-10-9-23-17-24(36)12-14-32(23,2)30(25)27(37)18-33(26,34)3/h5-8,11-12,14,16-17,25-27,30,37H,4,9-10,13,15,18-20H2,1-3H3/t25-,26-,27-,30+,32-,33-,34-/m0/s1. The van der Waals surface area contributed by atoms with Crippen molar-refractivity contribution in [1.82, 2.24) is 0 Å². The lowest BCUT2D eigenvalue weighted by molar-refractivity contribution is -0.763. The zero-order chi connectivity index (χ0) is 33.3. The Labute approximate surface area is 266 Å². The van der Waals surface area contributed by atoms with Gasteiger partial charge in [0.15, 0.2) is 18.0 Å². The van der Waals surface area contributed by atoms with Gasteiger partial charge in [0.2, 0.25) is 5.78 Å². The van der Waals surface area contributed by atoms with Crippen molar-refractivity contribution in [2.45, 2.75) is 71.2 Å². The van der Waals surface area contributed by atoms with E-state index in [1.165, 1.54) is 6.08 Å². The first kappa shape index (κ1) is 33.1. The summed E-state index contributed by atoms with van der Waals surface area (Å²) in [6.07, 6.45) is 8.15. The molecule has 5 rings (SSSR count). The van der Waals surface area contributed by atoms with Crippen LogP contribution in [0.15, 0.2) is 54.1 Å². The van der Waals surface area contributed by atoms with Crippen LogP contribution in [0.25, 0.3) is 6.08 Å². The summed E-state index contributed by atoms with van der Waals surface area (Å²) in [6, 6.07) is 6.57. The van der Waals surface area contributed by atoms with Crippen LogP contribution < -0.4 is 0 Å². The van der Waals surface area contributed by atoms with Crippen LogP contribution in [0.4, 0.5) is 4.79 Å². The second-order valence-corrected chi connectivity index (χ2v) is 13.0. The van der Waals surface area contributed by atoms with Crippen LogP contribution in [0, 0.1) is 38.7 Å². The highest BCUT2D eigenvalue weighted by molar-refractivity contribution is 6.01. The number of rotatable bonds is 10. The summed E-state index contributed by atoms with van der Waals surface area (Å²) in [5.41, 5.74) is -1.09. The number of benzene rings is 1. The number of Topliss-reactive ketones (excluding diaryl/α,β-unsaturated/α-hetero) is 1. The van der Waals surface area contributed by atoms with Crippen LogP contribution in [0.2, 0.25) is 0 Å². The number of fused-ring (bicyclic) bond motifs is 5. The third kappa shape index (κ3) is 5.97. The number of ketones is 2. The highest BCUT2D eigenvalue weighted by Crippen LogP contribution is 2.68. The van der Waals surface area contributed by atoms with E-state index < -0.39 is 52.1 Å². The van der Waals surface area contributed by atoms with E-state index in [4.69, 9.17) is 14.2 Å². The van der Waals surface area contributed by atoms with Gasteiger partial charge in [-0.1, -0.05) is 43.7 Å². The molecule has 0 spiro atoms. The van der Waals surface area contributed by atoms with Crippen molar-refractivity contribution in [1.29, 1.82) is 0 Å². The number of carbonyl (C=O) groups is 4. The van der Waals surface area contributed by atoms with Gasteiger partial charge in [-0.25, -0.2) is 9.59 Å². The van der Waals surface area contributed by atoms with Crippen molar-refractivity contribution in [2.75, 3.05) is 13.2 Å². The van der Waals surface area contributed by atoms with Crippen molar-refractivity contribution in [3.05, 3.63) is 75.4 Å². The summed E-state index contributed by atoms with van der Waals surface area (Å²) in [4.78, 5) is 66.5. The summed E-state index contributed by atoms with van der Waals surface area (Å²) in [6.45, 7) is 4.66. The Balaban J connectivity index is 1.35. The first-order valence-electron chi connectivity index (χ1n) is 15.6. The summed E-state index contributed by atoms with van der Waals surface area (Å²) >= 11 is 0. The molecule has 4 aliphatic carbocycles. The summed E-state index contributed by atoms with van der Waals surface area (Å²) in [5, 5.41) is 21.3. The van der Waals surface area contributed by atoms with Gasteiger partial charge in [0.25, 0.3) is 5.09 Å². The monoisotopic (exact) mass is 637 g/mol. The molecule has 1 aromatic rings. The van der Waals surface area contributed by atoms with Gasteiger partial charge in [-0.15, -0.1) is 10.1 Å². The maximum Gasteiger partial charge on any atom is 0.509 e. The summed E-state index contributed by atoms with van der Waals surface area (Å²) < 4.78 is 16.3. The number of hydrogen-bond donors (Lipinski definition) is 1. The van der Waals surface area contributed by atoms with Crippen LogP contribution in [-0.4, -0.2) is 58.8 Å². The maximum absolute atomic E-state index is 14.1. The lowest BCUT2D eigenvalue weighted by Gasteiger charge is -2.59. The first-order chi connectivity index (χ1) is 21.8. The molecule has 3 saturated carbocycles. The van der Waals surface area contributed by atoms with E-state index in [-0.39, 0.29) is 49.6 Å². The maximum atomic E-state index is 14.1. The number of esters is 1. The molecule has 0 heterocycles. The average Bonchev–Trinajstić information content (AvgIpc) is 3.30. The van der Waals surface area contributed by atoms with Gasteiger partial charge in [0, 0.05) is 22.8 Å². The minimum Gasteiger partial charge on any atom is -0.454 e. The molecule has 7 atom stereocenters. The topological polar surface area (TPSA) is 169 Å². The number of hydrogen-bond acceptors (Lipinski definition) is 11. The van der Waals surface area contributed by atoms with Crippen molar-refractivity contribution in [3.8, 4) is 0 Å². The molecular formula is C34H39NO11. The Bertz CT molecular complexity index is 1510. The van der Waals surface area contributed by atoms with Gasteiger partial charge in [0.05, 0.1) is 12.7 Å². The highest BCUT2D eigenvalue weighted by atomic mass is 16.9. The fraction of sp³-hybridized carbons (Fsp3) is 0.529. The van der Waals surface area contributed by atoms with Crippen LogP contribution in [-0.2, 0) is 40.0 Å². The normalized spacial score (nSPS) is 32.9. The number of aliphatic hydroxyl groups is 1. The minimum atomic E-state index is -1.69. The highest BCUT2D eigenvalue weighted by Gasteiger charge is 2.70. The van der Waals surface area contributed by atoms with Gasteiger partial charge < -0.3 is 24.2 Å². The molecule has 12 nitrogen and oxygen atoms in total. The Hall–Kier alpha value is -4.32. The molecule has 0 amide bonds. The van der Waals surface area contributed by atoms with E-state index in [1.807, 2.05) is 13.0 Å². The quantitative estimate of drug-likeness (QED) is 0.163. The number of aliphatic hydroxyl groups excluding tert-OH is 1. The average molecular weight is 638 g/mol. The molecule has 3 fully saturated rings. The second kappa shape index (κ2) is 12.8. The largest absolute Gasteiger partial charge is 0.509 e. The van der Waals surface area contributed by atoms with Crippen LogP contribution in [0.1, 0.15) is 64.0 Å². The molecule has 4 aliphatic rings. The zero-order valence-electron chi connectivity index (χ0n) is 26.1. The third-order valence-corrected chi connectivity index (χ3v) is 10.6. The molecular weight excluding hydrogens is 598 g/mol. The zero-order valence-corrected chi connectivity index (χ0v) is 26.1. The predicted octanol–water partition coefficient (Wildman–Crippen LogP) is 4.71. The number of ether oxygens (including phenoxy) is 3. The molecule has 0 saturated heterocycles. The molecule has 46 heavy (non-hydrogen) atoms.